The molecule has 0 atom stereocenters. The van der Waals surface area contributed by atoms with E-state index in [1.165, 1.54) is 24.4 Å². The third-order valence-electron chi connectivity index (χ3n) is 4.07. The number of fused-ring (bicyclic) bond motifs is 1. The second-order valence-corrected chi connectivity index (χ2v) is 8.12. The van der Waals surface area contributed by atoms with E-state index in [1.54, 1.807) is 0 Å². The highest BCUT2D eigenvalue weighted by Crippen LogP contribution is 2.34. The Kier molecular flexibility index (Phi) is 3.82. The molecule has 116 valence electrons. The van der Waals surface area contributed by atoms with Crippen LogP contribution in [-0.4, -0.2) is 24.6 Å². The van der Waals surface area contributed by atoms with Crippen LogP contribution in [0.3, 0.4) is 0 Å². The number of hydrogen-bond acceptors (Lipinski definition) is 4. The number of carbonyl (C=O) groups is 1. The predicted octanol–water partition coefficient (Wildman–Crippen LogP) is 2.70. The number of nitrogens with zero attached hydrogens (tertiary/aromatic N) is 1. The highest BCUT2D eigenvalue weighted by Gasteiger charge is 2.32. The molecule has 0 unspecified atom stereocenters. The zero-order valence-electron chi connectivity index (χ0n) is 11.8. The van der Waals surface area contributed by atoms with Gasteiger partial charge in [-0.25, -0.2) is 8.42 Å². The Labute approximate surface area is 133 Å². The molecule has 0 aliphatic heterocycles. The number of primary amides is 1. The van der Waals surface area contributed by atoms with Gasteiger partial charge in [-0.1, -0.05) is 24.4 Å². The molecule has 5 nitrogen and oxygen atoms in total. The lowest BCUT2D eigenvalue weighted by molar-refractivity contribution is 0.1000. The van der Waals surface area contributed by atoms with Gasteiger partial charge in [-0.15, -0.1) is 0 Å². The van der Waals surface area contributed by atoms with Crippen molar-refractivity contribution in [1.29, 1.82) is 0 Å². The van der Waals surface area contributed by atoms with Crippen LogP contribution in [-0.2, 0) is 9.84 Å². The van der Waals surface area contributed by atoms with Crippen molar-refractivity contribution in [3.8, 4) is 0 Å². The van der Waals surface area contributed by atoms with Crippen LogP contribution in [0, 0.1) is 0 Å². The molecule has 1 aliphatic rings. The lowest BCUT2D eigenvalue weighted by Gasteiger charge is -2.13. The molecule has 1 aromatic heterocycles. The van der Waals surface area contributed by atoms with Crippen LogP contribution in [0.4, 0.5) is 0 Å². The monoisotopic (exact) mass is 338 g/mol. The number of nitrogens with two attached hydrogens (primary N) is 1. The summed E-state index contributed by atoms with van der Waals surface area (Å²) in [6.07, 6.45) is 4.52. The minimum Gasteiger partial charge on any atom is -0.366 e. The van der Waals surface area contributed by atoms with E-state index in [9.17, 15) is 13.2 Å². The first-order chi connectivity index (χ1) is 10.4. The number of amides is 1. The topological polar surface area (TPSA) is 90.1 Å². The van der Waals surface area contributed by atoms with E-state index in [2.05, 4.69) is 4.98 Å². The van der Waals surface area contributed by atoms with E-state index in [0.717, 1.165) is 12.8 Å². The van der Waals surface area contributed by atoms with Gasteiger partial charge in [0, 0.05) is 11.6 Å². The fourth-order valence-electron chi connectivity index (χ4n) is 2.86. The molecular weight excluding hydrogens is 324 g/mol. The van der Waals surface area contributed by atoms with Crippen LogP contribution < -0.4 is 5.73 Å². The van der Waals surface area contributed by atoms with Crippen LogP contribution in [0.5, 0.6) is 0 Å². The highest BCUT2D eigenvalue weighted by atomic mass is 35.5. The van der Waals surface area contributed by atoms with Crippen molar-refractivity contribution in [1.82, 2.24) is 4.98 Å². The van der Waals surface area contributed by atoms with Gasteiger partial charge in [-0.05, 0) is 31.0 Å². The molecule has 7 heteroatoms. The van der Waals surface area contributed by atoms with Gasteiger partial charge in [0.25, 0.3) is 0 Å². The smallest absolute Gasteiger partial charge is 0.250 e. The van der Waals surface area contributed by atoms with E-state index < -0.39 is 15.7 Å². The van der Waals surface area contributed by atoms with Gasteiger partial charge in [0.1, 0.15) is 0 Å². The van der Waals surface area contributed by atoms with E-state index in [4.69, 9.17) is 17.3 Å². The van der Waals surface area contributed by atoms with Crippen molar-refractivity contribution in [3.63, 3.8) is 0 Å². The molecular formula is C15H15ClN2O3S. The normalized spacial score (nSPS) is 16.2. The summed E-state index contributed by atoms with van der Waals surface area (Å²) in [6.45, 7) is 0. The zero-order valence-corrected chi connectivity index (χ0v) is 13.3. The number of aromatic nitrogens is 1. The molecule has 0 radical (unpaired) electrons. The Morgan fingerprint density at radius 2 is 1.91 bits per heavy atom. The summed E-state index contributed by atoms with van der Waals surface area (Å²) >= 11 is 6.16. The minimum absolute atomic E-state index is 0.108. The van der Waals surface area contributed by atoms with Crippen molar-refractivity contribution in [2.45, 2.75) is 35.8 Å². The molecule has 3 rings (SSSR count). The maximum absolute atomic E-state index is 12.7. The number of halogens is 1. The minimum atomic E-state index is -3.47. The Morgan fingerprint density at radius 1 is 1.23 bits per heavy atom. The van der Waals surface area contributed by atoms with Gasteiger partial charge in [0.15, 0.2) is 9.84 Å². The Balaban J connectivity index is 2.17. The van der Waals surface area contributed by atoms with E-state index in [0.29, 0.717) is 23.7 Å². The van der Waals surface area contributed by atoms with Crippen molar-refractivity contribution < 1.29 is 13.2 Å². The van der Waals surface area contributed by atoms with Gasteiger partial charge in [-0.2, -0.15) is 0 Å². The van der Waals surface area contributed by atoms with Crippen LogP contribution in [0.2, 0.25) is 5.02 Å². The fraction of sp³-hybridized carbons (Fsp3) is 0.333. The summed E-state index contributed by atoms with van der Waals surface area (Å²) in [4.78, 5) is 15.5. The summed E-state index contributed by atoms with van der Waals surface area (Å²) in [6, 6.07) is 4.54. The molecule has 22 heavy (non-hydrogen) atoms. The third-order valence-corrected chi connectivity index (χ3v) is 6.79. The van der Waals surface area contributed by atoms with E-state index in [1.807, 2.05) is 0 Å². The molecule has 1 amide bonds. The fourth-order valence-corrected chi connectivity index (χ4v) is 5.28. The molecule has 1 aliphatic carbocycles. The number of rotatable bonds is 3. The van der Waals surface area contributed by atoms with Crippen LogP contribution >= 0.6 is 11.6 Å². The lowest BCUT2D eigenvalue weighted by Crippen LogP contribution is -2.18. The molecule has 0 bridgehead atoms. The quantitative estimate of drug-likeness (QED) is 0.931. The molecule has 1 aromatic carbocycles. The molecule has 1 fully saturated rings. The molecule has 2 N–H and O–H groups in total. The summed E-state index contributed by atoms with van der Waals surface area (Å²) < 4.78 is 25.4. The first-order valence-corrected chi connectivity index (χ1v) is 8.95. The van der Waals surface area contributed by atoms with Crippen LogP contribution in [0.1, 0.15) is 36.0 Å². The van der Waals surface area contributed by atoms with Crippen LogP contribution in [0.25, 0.3) is 10.9 Å². The first-order valence-electron chi connectivity index (χ1n) is 7.02. The summed E-state index contributed by atoms with van der Waals surface area (Å²) in [5.74, 6) is -0.607. The van der Waals surface area contributed by atoms with Gasteiger partial charge in [0.05, 0.1) is 26.2 Å². The first kappa shape index (κ1) is 15.2. The molecule has 1 heterocycles. The maximum atomic E-state index is 12.7. The van der Waals surface area contributed by atoms with Crippen molar-refractivity contribution in [2.75, 3.05) is 0 Å². The molecule has 0 spiro atoms. The number of carbonyl (C=O) groups excluding carboxylic acids is 1. The van der Waals surface area contributed by atoms with Gasteiger partial charge >= 0.3 is 0 Å². The summed E-state index contributed by atoms with van der Waals surface area (Å²) in [7, 11) is -3.47. The molecule has 1 saturated carbocycles. The predicted molar refractivity (Wildman–Crippen MR) is 84.7 cm³/mol. The zero-order chi connectivity index (χ0) is 15.9. The average molecular weight is 339 g/mol. The standard InChI is InChI=1S/C15H15ClN2O3S/c16-12-7-13-9(5-10(8-18-13)15(17)19)6-14(12)22(20,21)11-3-1-2-4-11/h5-8,11H,1-4H2,(H2,17,19). The number of pyridine rings is 1. The lowest BCUT2D eigenvalue weighted by atomic mass is 10.1. The van der Waals surface area contributed by atoms with Gasteiger partial charge in [-0.3, -0.25) is 9.78 Å². The number of benzene rings is 1. The molecule has 0 saturated heterocycles. The van der Waals surface area contributed by atoms with Crippen molar-refractivity contribution >= 4 is 38.2 Å². The summed E-state index contributed by atoms with van der Waals surface area (Å²) in [5, 5.41) is 0.325. The average Bonchev–Trinajstić information content (AvgIpc) is 3.00. The Bertz CT molecular complexity index is 858. The Morgan fingerprint density at radius 3 is 2.55 bits per heavy atom. The Hall–Kier alpha value is -1.66. The van der Waals surface area contributed by atoms with Crippen LogP contribution in [0.15, 0.2) is 29.3 Å². The van der Waals surface area contributed by atoms with E-state index >= 15 is 0 Å². The third kappa shape index (κ3) is 2.57. The summed E-state index contributed by atoms with van der Waals surface area (Å²) in [5.41, 5.74) is 6.00. The second-order valence-electron chi connectivity index (χ2n) is 5.52. The van der Waals surface area contributed by atoms with Gasteiger partial charge in [0.2, 0.25) is 5.91 Å². The SMILES string of the molecule is NC(=O)c1cnc2cc(Cl)c(S(=O)(=O)C3CCCC3)cc2c1. The molecule has 2 aromatic rings. The highest BCUT2D eigenvalue weighted by molar-refractivity contribution is 7.92. The van der Waals surface area contributed by atoms with Crippen molar-refractivity contribution in [3.05, 3.63) is 35.0 Å². The van der Waals surface area contributed by atoms with E-state index in [-0.39, 0.29) is 20.7 Å². The number of hydrogen-bond donors (Lipinski definition) is 1. The largest absolute Gasteiger partial charge is 0.366 e. The number of sulfone groups is 1. The maximum Gasteiger partial charge on any atom is 0.250 e. The second kappa shape index (κ2) is 5.52. The van der Waals surface area contributed by atoms with Crippen molar-refractivity contribution in [2.24, 2.45) is 5.73 Å². The van der Waals surface area contributed by atoms with Gasteiger partial charge < -0.3 is 5.73 Å².